The Bertz CT molecular complexity index is 916. The Labute approximate surface area is 187 Å². The molecular formula is C23H29ClN2O3S. The quantitative estimate of drug-likeness (QED) is 0.734. The molecule has 2 aliphatic rings. The lowest BCUT2D eigenvalue weighted by Crippen LogP contribution is -2.57. The van der Waals surface area contributed by atoms with Crippen LogP contribution in [0.15, 0.2) is 24.3 Å². The number of ether oxygens (including phenoxy) is 1. The molecular weight excluding hydrogens is 420 g/mol. The highest BCUT2D eigenvalue weighted by molar-refractivity contribution is 7.17. The number of thiophene rings is 1. The van der Waals surface area contributed by atoms with Crippen LogP contribution in [0.2, 0.25) is 4.34 Å². The summed E-state index contributed by atoms with van der Waals surface area (Å²) in [6.07, 6.45) is 3.43. The molecule has 2 aliphatic heterocycles. The van der Waals surface area contributed by atoms with E-state index in [9.17, 15) is 4.79 Å². The van der Waals surface area contributed by atoms with Crippen molar-refractivity contribution in [3.63, 3.8) is 0 Å². The lowest BCUT2D eigenvalue weighted by Gasteiger charge is -2.48. The summed E-state index contributed by atoms with van der Waals surface area (Å²) in [7, 11) is 0. The fourth-order valence-corrected chi connectivity index (χ4v) is 5.85. The summed E-state index contributed by atoms with van der Waals surface area (Å²) in [4.78, 5) is 18.2. The van der Waals surface area contributed by atoms with Gasteiger partial charge in [0.2, 0.25) is 0 Å². The van der Waals surface area contributed by atoms with Gasteiger partial charge in [-0.3, -0.25) is 9.69 Å². The van der Waals surface area contributed by atoms with E-state index in [2.05, 4.69) is 24.8 Å². The second kappa shape index (κ2) is 9.27. The monoisotopic (exact) mass is 448 g/mol. The molecule has 1 amide bonds. The van der Waals surface area contributed by atoms with Crippen LogP contribution in [0.3, 0.4) is 0 Å². The van der Waals surface area contributed by atoms with Gasteiger partial charge in [-0.2, -0.15) is 0 Å². The summed E-state index contributed by atoms with van der Waals surface area (Å²) >= 11 is 7.39. The predicted molar refractivity (Wildman–Crippen MR) is 121 cm³/mol. The molecule has 0 radical (unpaired) electrons. The minimum absolute atomic E-state index is 0.0191. The number of aliphatic hydroxyl groups is 1. The average Bonchev–Trinajstić information content (AvgIpc) is 3.20. The first-order valence-corrected chi connectivity index (χ1v) is 11.8. The van der Waals surface area contributed by atoms with Gasteiger partial charge < -0.3 is 14.7 Å². The number of piperidine rings is 1. The maximum atomic E-state index is 12.9. The van der Waals surface area contributed by atoms with Gasteiger partial charge in [0.05, 0.1) is 15.8 Å². The molecule has 2 saturated heterocycles. The van der Waals surface area contributed by atoms with Crippen LogP contribution < -0.4 is 4.74 Å². The Hall–Kier alpha value is -1.60. The molecule has 3 heterocycles. The van der Waals surface area contributed by atoms with Crippen molar-refractivity contribution in [3.05, 3.63) is 50.2 Å². The third-order valence-corrected chi connectivity index (χ3v) is 7.72. The summed E-state index contributed by atoms with van der Waals surface area (Å²) in [5, 5.41) is 9.04. The number of amides is 1. The molecule has 1 aromatic carbocycles. The zero-order chi connectivity index (χ0) is 21.3. The van der Waals surface area contributed by atoms with Crippen LogP contribution in [0.1, 0.15) is 51.7 Å². The molecule has 1 aromatic heterocycles. The summed E-state index contributed by atoms with van der Waals surface area (Å²) < 4.78 is 6.34. The van der Waals surface area contributed by atoms with Crippen molar-refractivity contribution in [1.82, 2.24) is 9.80 Å². The number of carbonyl (C=O) groups excluding carboxylic acids is 1. The molecule has 4 rings (SSSR count). The van der Waals surface area contributed by atoms with Gasteiger partial charge in [0.1, 0.15) is 12.4 Å². The number of piperazine rings is 1. The Morgan fingerprint density at radius 2 is 2.03 bits per heavy atom. The molecule has 1 N–H and O–H groups in total. The molecule has 2 fully saturated rings. The van der Waals surface area contributed by atoms with E-state index in [4.69, 9.17) is 21.4 Å². The van der Waals surface area contributed by atoms with Gasteiger partial charge in [-0.05, 0) is 68.0 Å². The summed E-state index contributed by atoms with van der Waals surface area (Å²) in [6, 6.07) is 8.62. The number of hydrogen-bond acceptors (Lipinski definition) is 5. The normalized spacial score (nSPS) is 22.1. The van der Waals surface area contributed by atoms with Crippen LogP contribution in [0.5, 0.6) is 5.75 Å². The third kappa shape index (κ3) is 4.24. The van der Waals surface area contributed by atoms with E-state index in [0.29, 0.717) is 23.0 Å². The topological polar surface area (TPSA) is 53.0 Å². The summed E-state index contributed by atoms with van der Waals surface area (Å²) in [6.45, 7) is 7.01. The van der Waals surface area contributed by atoms with Gasteiger partial charge in [0, 0.05) is 31.7 Å². The van der Waals surface area contributed by atoms with Crippen molar-refractivity contribution in [2.24, 2.45) is 0 Å². The smallest absolute Gasteiger partial charge is 0.264 e. The minimum atomic E-state index is 0.0191. The minimum Gasteiger partial charge on any atom is -0.491 e. The van der Waals surface area contributed by atoms with Crippen LogP contribution >= 0.6 is 22.9 Å². The highest BCUT2D eigenvalue weighted by Crippen LogP contribution is 2.39. The first-order valence-electron chi connectivity index (χ1n) is 10.6. The maximum Gasteiger partial charge on any atom is 0.264 e. The highest BCUT2D eigenvalue weighted by Gasteiger charge is 2.38. The van der Waals surface area contributed by atoms with Gasteiger partial charge in [-0.15, -0.1) is 11.3 Å². The number of hydrogen-bond donors (Lipinski definition) is 1. The lowest BCUT2D eigenvalue weighted by molar-refractivity contribution is 0.0104. The average molecular weight is 449 g/mol. The molecule has 7 heteroatoms. The lowest BCUT2D eigenvalue weighted by atomic mass is 9.86. The highest BCUT2D eigenvalue weighted by atomic mass is 35.5. The van der Waals surface area contributed by atoms with Crippen molar-refractivity contribution in [3.8, 4) is 5.75 Å². The largest absolute Gasteiger partial charge is 0.491 e. The van der Waals surface area contributed by atoms with Crippen LogP contribution in [-0.4, -0.2) is 59.7 Å². The predicted octanol–water partition coefficient (Wildman–Crippen LogP) is 4.44. The number of fused-ring (bicyclic) bond motifs is 1. The van der Waals surface area contributed by atoms with Crippen LogP contribution in [0.4, 0.5) is 0 Å². The molecule has 0 bridgehead atoms. The van der Waals surface area contributed by atoms with Gasteiger partial charge in [-0.25, -0.2) is 0 Å². The fraction of sp³-hybridized carbons (Fsp3) is 0.522. The second-order valence-electron chi connectivity index (χ2n) is 8.17. The number of rotatable bonds is 5. The molecule has 0 unspecified atom stereocenters. The number of aliphatic hydroxyl groups excluding tert-OH is 1. The van der Waals surface area contributed by atoms with E-state index in [-0.39, 0.29) is 12.5 Å². The van der Waals surface area contributed by atoms with Crippen molar-refractivity contribution in [1.29, 1.82) is 0 Å². The van der Waals surface area contributed by atoms with Crippen LogP contribution in [0, 0.1) is 13.8 Å². The van der Waals surface area contributed by atoms with Gasteiger partial charge in [-0.1, -0.05) is 17.7 Å². The van der Waals surface area contributed by atoms with Crippen molar-refractivity contribution >= 4 is 28.8 Å². The Kier molecular flexibility index (Phi) is 6.68. The molecule has 2 atom stereocenters. The number of carbonyl (C=O) groups is 1. The van der Waals surface area contributed by atoms with Gasteiger partial charge in [0.25, 0.3) is 5.91 Å². The number of halogens is 1. The SMILES string of the molecule is Cc1c(OCCO)ccc([C@H]2CCC[C@H]3CN(C(=O)c4ccc(Cl)s4)CCN32)c1C. The van der Waals surface area contributed by atoms with Gasteiger partial charge >= 0.3 is 0 Å². The van der Waals surface area contributed by atoms with Crippen LogP contribution in [-0.2, 0) is 0 Å². The van der Waals surface area contributed by atoms with Gasteiger partial charge in [0.15, 0.2) is 0 Å². The Balaban J connectivity index is 1.50. The Morgan fingerprint density at radius 1 is 1.20 bits per heavy atom. The first-order chi connectivity index (χ1) is 14.5. The summed E-state index contributed by atoms with van der Waals surface area (Å²) in [5.74, 6) is 0.953. The second-order valence-corrected chi connectivity index (χ2v) is 9.88. The third-order valence-electron chi connectivity index (χ3n) is 6.50. The standard InChI is InChI=1S/C23H29ClN2O3S/c1-15-16(2)20(29-13-12-27)7-6-18(15)19-5-3-4-17-14-25(10-11-26(17)19)23(28)21-8-9-22(24)30-21/h6-9,17,19,27H,3-5,10-14H2,1-2H3/t17-,19+/m0/s1. The number of nitrogens with zero attached hydrogens (tertiary/aromatic N) is 2. The van der Waals surface area contributed by atoms with E-state index in [1.165, 1.54) is 28.9 Å². The molecule has 0 saturated carbocycles. The molecule has 0 spiro atoms. The molecule has 30 heavy (non-hydrogen) atoms. The Morgan fingerprint density at radius 3 is 2.77 bits per heavy atom. The van der Waals surface area contributed by atoms with E-state index < -0.39 is 0 Å². The van der Waals surface area contributed by atoms with Crippen molar-refractivity contribution in [2.75, 3.05) is 32.8 Å². The fourth-order valence-electron chi connectivity index (χ4n) is 4.84. The zero-order valence-corrected chi connectivity index (χ0v) is 19.1. The van der Waals surface area contributed by atoms with E-state index >= 15 is 0 Å². The molecule has 2 aromatic rings. The van der Waals surface area contributed by atoms with E-state index in [0.717, 1.165) is 48.7 Å². The molecule has 5 nitrogen and oxygen atoms in total. The zero-order valence-electron chi connectivity index (χ0n) is 17.6. The molecule has 0 aliphatic carbocycles. The van der Waals surface area contributed by atoms with E-state index in [1.54, 1.807) is 6.07 Å². The maximum absolute atomic E-state index is 12.9. The first kappa shape index (κ1) is 21.6. The van der Waals surface area contributed by atoms with Crippen LogP contribution in [0.25, 0.3) is 0 Å². The molecule has 162 valence electrons. The van der Waals surface area contributed by atoms with E-state index in [1.807, 2.05) is 17.0 Å². The number of benzene rings is 1. The summed E-state index contributed by atoms with van der Waals surface area (Å²) in [5.41, 5.74) is 3.77. The van der Waals surface area contributed by atoms with Crippen molar-refractivity contribution in [2.45, 2.75) is 45.2 Å². The van der Waals surface area contributed by atoms with Crippen molar-refractivity contribution < 1.29 is 14.6 Å².